The third-order valence-electron chi connectivity index (χ3n) is 3.11. The second-order valence-corrected chi connectivity index (χ2v) is 5.55. The van der Waals surface area contributed by atoms with Gasteiger partial charge in [-0.3, -0.25) is 4.79 Å². The zero-order valence-electron chi connectivity index (χ0n) is 13.1. The van der Waals surface area contributed by atoms with E-state index in [9.17, 15) is 18.0 Å². The summed E-state index contributed by atoms with van der Waals surface area (Å²) in [5, 5.41) is 4.18. The second-order valence-electron chi connectivity index (χ2n) is 5.11. The van der Waals surface area contributed by atoms with Crippen LogP contribution in [0.4, 0.5) is 13.2 Å². The summed E-state index contributed by atoms with van der Waals surface area (Å²) in [6.45, 7) is 1.49. The van der Waals surface area contributed by atoms with Gasteiger partial charge < -0.3 is 4.74 Å². The predicted molar refractivity (Wildman–Crippen MR) is 88.9 cm³/mol. The molecule has 0 saturated heterocycles. The molecule has 0 aliphatic carbocycles. The zero-order valence-corrected chi connectivity index (χ0v) is 13.9. The van der Waals surface area contributed by atoms with Crippen molar-refractivity contribution in [1.29, 1.82) is 0 Å². The molecule has 0 aromatic heterocycles. The monoisotopic (exact) mass is 370 g/mol. The highest BCUT2D eigenvalue weighted by Crippen LogP contribution is 2.29. The number of hydrazone groups is 1. The molecule has 8 heteroatoms. The summed E-state index contributed by atoms with van der Waals surface area (Å²) in [5.41, 5.74) is 2.38. The van der Waals surface area contributed by atoms with Gasteiger partial charge in [0.25, 0.3) is 5.91 Å². The SMILES string of the molecule is Cc1cc(Cl)ccc1OCC(=O)NN=Cc1cccc(C(F)(F)F)c1. The van der Waals surface area contributed by atoms with E-state index >= 15 is 0 Å². The summed E-state index contributed by atoms with van der Waals surface area (Å²) >= 11 is 5.82. The molecule has 0 spiro atoms. The number of carbonyl (C=O) groups excluding carboxylic acids is 1. The molecule has 2 aromatic rings. The Balaban J connectivity index is 1.88. The van der Waals surface area contributed by atoms with Crippen LogP contribution in [0.15, 0.2) is 47.6 Å². The fourth-order valence-electron chi connectivity index (χ4n) is 1.92. The van der Waals surface area contributed by atoms with Crippen molar-refractivity contribution in [2.45, 2.75) is 13.1 Å². The van der Waals surface area contributed by atoms with E-state index in [1.54, 1.807) is 25.1 Å². The molecule has 0 heterocycles. The molecule has 0 fully saturated rings. The molecule has 25 heavy (non-hydrogen) atoms. The van der Waals surface area contributed by atoms with Crippen LogP contribution in [0.25, 0.3) is 0 Å². The Morgan fingerprint density at radius 2 is 2.04 bits per heavy atom. The highest BCUT2D eigenvalue weighted by atomic mass is 35.5. The molecule has 0 unspecified atom stereocenters. The normalized spacial score (nSPS) is 11.6. The smallest absolute Gasteiger partial charge is 0.416 e. The summed E-state index contributed by atoms with van der Waals surface area (Å²) in [6, 6.07) is 9.56. The van der Waals surface area contributed by atoms with Gasteiger partial charge in [-0.25, -0.2) is 5.43 Å². The van der Waals surface area contributed by atoms with Crippen LogP contribution in [-0.2, 0) is 11.0 Å². The van der Waals surface area contributed by atoms with E-state index < -0.39 is 17.6 Å². The van der Waals surface area contributed by atoms with Gasteiger partial charge in [0.15, 0.2) is 6.61 Å². The van der Waals surface area contributed by atoms with Gasteiger partial charge in [0, 0.05) is 5.02 Å². The Bertz CT molecular complexity index is 792. The number of rotatable bonds is 5. The first-order valence-corrected chi connectivity index (χ1v) is 7.51. The third-order valence-corrected chi connectivity index (χ3v) is 3.35. The molecular formula is C17H14ClF3N2O2. The van der Waals surface area contributed by atoms with E-state index in [-0.39, 0.29) is 12.2 Å². The lowest BCUT2D eigenvalue weighted by Crippen LogP contribution is -2.24. The molecule has 2 aromatic carbocycles. The first-order valence-electron chi connectivity index (χ1n) is 7.14. The molecule has 132 valence electrons. The Morgan fingerprint density at radius 1 is 1.28 bits per heavy atom. The number of carbonyl (C=O) groups is 1. The topological polar surface area (TPSA) is 50.7 Å². The van der Waals surface area contributed by atoms with Crippen LogP contribution >= 0.6 is 11.6 Å². The minimum absolute atomic E-state index is 0.213. The van der Waals surface area contributed by atoms with Crippen LogP contribution < -0.4 is 10.2 Å². The number of amides is 1. The molecule has 0 atom stereocenters. The number of hydrogen-bond acceptors (Lipinski definition) is 3. The van der Waals surface area contributed by atoms with E-state index in [1.807, 2.05) is 0 Å². The number of hydrogen-bond donors (Lipinski definition) is 1. The van der Waals surface area contributed by atoms with E-state index in [1.165, 1.54) is 12.1 Å². The lowest BCUT2D eigenvalue weighted by Gasteiger charge is -2.08. The highest BCUT2D eigenvalue weighted by molar-refractivity contribution is 6.30. The lowest BCUT2D eigenvalue weighted by atomic mass is 10.1. The van der Waals surface area contributed by atoms with Crippen molar-refractivity contribution in [2.75, 3.05) is 6.61 Å². The standard InChI is InChI=1S/C17H14ClF3N2O2/c1-11-7-14(18)5-6-15(11)25-10-16(24)23-22-9-12-3-2-4-13(8-12)17(19,20)21/h2-9H,10H2,1H3,(H,23,24). The van der Waals surface area contributed by atoms with Crippen molar-refractivity contribution < 1.29 is 22.7 Å². The van der Waals surface area contributed by atoms with Crippen molar-refractivity contribution in [3.8, 4) is 5.75 Å². The van der Waals surface area contributed by atoms with Crippen molar-refractivity contribution in [3.05, 3.63) is 64.2 Å². The van der Waals surface area contributed by atoms with Crippen molar-refractivity contribution in [1.82, 2.24) is 5.43 Å². The Morgan fingerprint density at radius 3 is 2.72 bits per heavy atom. The molecule has 0 saturated carbocycles. The Hall–Kier alpha value is -2.54. The number of alkyl halides is 3. The van der Waals surface area contributed by atoms with E-state index in [2.05, 4.69) is 10.5 Å². The summed E-state index contributed by atoms with van der Waals surface area (Å²) < 4.78 is 43.1. The summed E-state index contributed by atoms with van der Waals surface area (Å²) in [5.74, 6) is -0.0426. The van der Waals surface area contributed by atoms with E-state index in [0.717, 1.165) is 23.9 Å². The zero-order chi connectivity index (χ0) is 18.4. The fraction of sp³-hybridized carbons (Fsp3) is 0.176. The number of halogens is 4. The average molecular weight is 371 g/mol. The van der Waals surface area contributed by atoms with Crippen LogP contribution in [0.5, 0.6) is 5.75 Å². The fourth-order valence-corrected chi connectivity index (χ4v) is 2.15. The lowest BCUT2D eigenvalue weighted by molar-refractivity contribution is -0.137. The van der Waals surface area contributed by atoms with Crippen LogP contribution in [-0.4, -0.2) is 18.7 Å². The first kappa shape index (κ1) is 18.8. The van der Waals surface area contributed by atoms with Crippen molar-refractivity contribution in [3.63, 3.8) is 0 Å². The minimum Gasteiger partial charge on any atom is -0.483 e. The van der Waals surface area contributed by atoms with Crippen LogP contribution in [0.1, 0.15) is 16.7 Å². The number of benzene rings is 2. The molecule has 1 amide bonds. The van der Waals surface area contributed by atoms with Gasteiger partial charge >= 0.3 is 6.18 Å². The number of nitrogens with zero attached hydrogens (tertiary/aromatic N) is 1. The molecule has 1 N–H and O–H groups in total. The first-order chi connectivity index (χ1) is 11.8. The van der Waals surface area contributed by atoms with Gasteiger partial charge in [0.2, 0.25) is 0 Å². The Labute approximate surface area is 147 Å². The number of aryl methyl sites for hydroxylation is 1. The molecule has 4 nitrogen and oxygen atoms in total. The van der Waals surface area contributed by atoms with Gasteiger partial charge in [0.05, 0.1) is 11.8 Å². The second kappa shape index (κ2) is 8.02. The van der Waals surface area contributed by atoms with Gasteiger partial charge in [-0.2, -0.15) is 18.3 Å². The maximum Gasteiger partial charge on any atom is 0.416 e. The molecule has 0 aliphatic heterocycles. The maximum atomic E-state index is 12.6. The molecule has 0 radical (unpaired) electrons. The summed E-state index contributed by atoms with van der Waals surface area (Å²) in [6.07, 6.45) is -3.31. The maximum absolute atomic E-state index is 12.6. The average Bonchev–Trinajstić information content (AvgIpc) is 2.53. The van der Waals surface area contributed by atoms with Crippen LogP contribution in [0.3, 0.4) is 0 Å². The molecule has 0 aliphatic rings. The van der Waals surface area contributed by atoms with E-state index in [4.69, 9.17) is 16.3 Å². The summed E-state index contributed by atoms with van der Waals surface area (Å²) in [4.78, 5) is 11.7. The van der Waals surface area contributed by atoms with E-state index in [0.29, 0.717) is 10.8 Å². The Kier molecular flexibility index (Phi) is 6.03. The number of ether oxygens (including phenoxy) is 1. The quantitative estimate of drug-likeness (QED) is 0.633. The van der Waals surface area contributed by atoms with Gasteiger partial charge in [0.1, 0.15) is 5.75 Å². The largest absolute Gasteiger partial charge is 0.483 e. The van der Waals surface area contributed by atoms with Gasteiger partial charge in [-0.1, -0.05) is 23.7 Å². The highest BCUT2D eigenvalue weighted by Gasteiger charge is 2.30. The summed E-state index contributed by atoms with van der Waals surface area (Å²) in [7, 11) is 0. The van der Waals surface area contributed by atoms with Crippen molar-refractivity contribution >= 4 is 23.7 Å². The van der Waals surface area contributed by atoms with Crippen molar-refractivity contribution in [2.24, 2.45) is 5.10 Å². The van der Waals surface area contributed by atoms with Gasteiger partial charge in [-0.05, 0) is 48.4 Å². The number of nitrogens with one attached hydrogen (secondary N) is 1. The molecular weight excluding hydrogens is 357 g/mol. The third kappa shape index (κ3) is 5.79. The molecule has 2 rings (SSSR count). The van der Waals surface area contributed by atoms with Gasteiger partial charge in [-0.15, -0.1) is 0 Å². The van der Waals surface area contributed by atoms with Crippen LogP contribution in [0.2, 0.25) is 5.02 Å². The minimum atomic E-state index is -4.43. The molecule has 0 bridgehead atoms. The predicted octanol–water partition coefficient (Wildman–Crippen LogP) is 4.20. The van der Waals surface area contributed by atoms with Crippen LogP contribution in [0, 0.1) is 6.92 Å².